The molecule has 6 heteroatoms. The fourth-order valence-electron chi connectivity index (χ4n) is 1.33. The monoisotopic (exact) mass is 291 g/mol. The normalized spacial score (nSPS) is 10.7. The Morgan fingerprint density at radius 2 is 2.00 bits per heavy atom. The van der Waals surface area contributed by atoms with Gasteiger partial charge in [0.1, 0.15) is 14.7 Å². The summed E-state index contributed by atoms with van der Waals surface area (Å²) in [4.78, 5) is 3.94. The van der Waals surface area contributed by atoms with Crippen molar-refractivity contribution in [3.05, 3.63) is 15.8 Å². The predicted molar refractivity (Wildman–Crippen MR) is 60.4 cm³/mol. The number of benzene rings is 1. The molecular formula is C9H7BrFNO2S. The molecule has 0 bridgehead atoms. The van der Waals surface area contributed by atoms with Crippen molar-refractivity contribution in [3.63, 3.8) is 0 Å². The Hall–Kier alpha value is -0.880. The largest absolute Gasteiger partial charge is 0.494 e. The third kappa shape index (κ3) is 1.48. The standard InChI is InChI=1S/C9H7BrFNO2S/c1-13-7-4(10)8(14-2)9-6(5(7)11)12-3-15-9/h3H,1-2H3. The highest BCUT2D eigenvalue weighted by molar-refractivity contribution is 9.10. The lowest BCUT2D eigenvalue weighted by atomic mass is 10.3. The number of thiazole rings is 1. The Morgan fingerprint density at radius 1 is 1.33 bits per heavy atom. The van der Waals surface area contributed by atoms with Crippen molar-refractivity contribution in [2.45, 2.75) is 0 Å². The van der Waals surface area contributed by atoms with Crippen LogP contribution in [0.1, 0.15) is 0 Å². The molecule has 1 aromatic heterocycles. The van der Waals surface area contributed by atoms with Crippen LogP contribution in [0.25, 0.3) is 10.2 Å². The van der Waals surface area contributed by atoms with E-state index in [1.54, 1.807) is 5.51 Å². The van der Waals surface area contributed by atoms with Crippen LogP contribution in [-0.2, 0) is 0 Å². The minimum Gasteiger partial charge on any atom is -0.494 e. The first-order chi connectivity index (χ1) is 7.20. The number of ether oxygens (including phenoxy) is 2. The summed E-state index contributed by atoms with van der Waals surface area (Å²) in [6.07, 6.45) is 0. The third-order valence-electron chi connectivity index (χ3n) is 1.99. The van der Waals surface area contributed by atoms with Gasteiger partial charge in [-0.3, -0.25) is 0 Å². The van der Waals surface area contributed by atoms with E-state index >= 15 is 0 Å². The highest BCUT2D eigenvalue weighted by Gasteiger charge is 2.21. The number of aromatic nitrogens is 1. The molecule has 0 spiro atoms. The predicted octanol–water partition coefficient (Wildman–Crippen LogP) is 3.22. The summed E-state index contributed by atoms with van der Waals surface area (Å²) in [5.41, 5.74) is 1.85. The van der Waals surface area contributed by atoms with Gasteiger partial charge in [-0.15, -0.1) is 11.3 Å². The molecule has 1 heterocycles. The molecule has 0 fully saturated rings. The minimum absolute atomic E-state index is 0.116. The Kier molecular flexibility index (Phi) is 2.79. The zero-order valence-corrected chi connectivity index (χ0v) is 10.4. The lowest BCUT2D eigenvalue weighted by molar-refractivity contribution is 0.374. The van der Waals surface area contributed by atoms with Crippen molar-refractivity contribution in [2.75, 3.05) is 14.2 Å². The van der Waals surface area contributed by atoms with Gasteiger partial charge in [0, 0.05) is 0 Å². The van der Waals surface area contributed by atoms with Gasteiger partial charge >= 0.3 is 0 Å². The van der Waals surface area contributed by atoms with Gasteiger partial charge in [-0.25, -0.2) is 9.37 Å². The molecule has 0 aliphatic rings. The highest BCUT2D eigenvalue weighted by Crippen LogP contribution is 2.44. The summed E-state index contributed by atoms with van der Waals surface area (Å²) in [7, 11) is 2.93. The molecule has 0 unspecified atom stereocenters. The van der Waals surface area contributed by atoms with E-state index in [2.05, 4.69) is 20.9 Å². The number of fused-ring (bicyclic) bond motifs is 1. The van der Waals surface area contributed by atoms with Crippen molar-refractivity contribution in [1.29, 1.82) is 0 Å². The molecule has 0 saturated heterocycles. The molecule has 80 valence electrons. The van der Waals surface area contributed by atoms with Crippen LogP contribution < -0.4 is 9.47 Å². The van der Waals surface area contributed by atoms with Gasteiger partial charge in [-0.05, 0) is 15.9 Å². The van der Waals surface area contributed by atoms with Gasteiger partial charge in [-0.1, -0.05) is 0 Å². The molecule has 0 aliphatic heterocycles. The van der Waals surface area contributed by atoms with E-state index in [9.17, 15) is 4.39 Å². The Morgan fingerprint density at radius 3 is 2.60 bits per heavy atom. The van der Waals surface area contributed by atoms with Crippen molar-refractivity contribution >= 4 is 37.5 Å². The van der Waals surface area contributed by atoms with Gasteiger partial charge < -0.3 is 9.47 Å². The zero-order valence-electron chi connectivity index (χ0n) is 8.01. The molecule has 2 aromatic rings. The zero-order chi connectivity index (χ0) is 11.0. The second-order valence-corrected chi connectivity index (χ2v) is 4.37. The first-order valence-electron chi connectivity index (χ1n) is 4.02. The van der Waals surface area contributed by atoms with Crippen LogP contribution in [-0.4, -0.2) is 19.2 Å². The van der Waals surface area contributed by atoms with Crippen LogP contribution in [0.5, 0.6) is 11.5 Å². The van der Waals surface area contributed by atoms with E-state index in [1.165, 1.54) is 25.6 Å². The van der Waals surface area contributed by atoms with Crippen molar-refractivity contribution in [2.24, 2.45) is 0 Å². The van der Waals surface area contributed by atoms with Gasteiger partial charge in [0.15, 0.2) is 17.3 Å². The first kappa shape index (κ1) is 10.6. The molecule has 15 heavy (non-hydrogen) atoms. The maximum atomic E-state index is 13.8. The molecule has 0 atom stereocenters. The van der Waals surface area contributed by atoms with Crippen LogP contribution in [0.2, 0.25) is 0 Å². The van der Waals surface area contributed by atoms with Crippen LogP contribution in [0.3, 0.4) is 0 Å². The summed E-state index contributed by atoms with van der Waals surface area (Å²) in [5.74, 6) is 0.192. The van der Waals surface area contributed by atoms with E-state index in [0.29, 0.717) is 14.9 Å². The number of hydrogen-bond donors (Lipinski definition) is 0. The average molecular weight is 292 g/mol. The molecule has 0 N–H and O–H groups in total. The average Bonchev–Trinajstić information content (AvgIpc) is 2.68. The van der Waals surface area contributed by atoms with Crippen molar-refractivity contribution in [1.82, 2.24) is 4.98 Å². The molecule has 0 radical (unpaired) electrons. The van der Waals surface area contributed by atoms with Crippen molar-refractivity contribution < 1.29 is 13.9 Å². The van der Waals surface area contributed by atoms with Crippen LogP contribution >= 0.6 is 27.3 Å². The molecular weight excluding hydrogens is 285 g/mol. The van der Waals surface area contributed by atoms with E-state index in [4.69, 9.17) is 9.47 Å². The number of rotatable bonds is 2. The fraction of sp³-hybridized carbons (Fsp3) is 0.222. The van der Waals surface area contributed by atoms with Gasteiger partial charge in [-0.2, -0.15) is 0 Å². The maximum Gasteiger partial charge on any atom is 0.193 e. The second kappa shape index (κ2) is 3.94. The summed E-state index contributed by atoms with van der Waals surface area (Å²) in [6.45, 7) is 0. The number of methoxy groups -OCH3 is 2. The highest BCUT2D eigenvalue weighted by atomic mass is 79.9. The molecule has 0 aliphatic carbocycles. The summed E-state index contributed by atoms with van der Waals surface area (Å²) >= 11 is 4.57. The van der Waals surface area contributed by atoms with E-state index in [0.717, 1.165) is 0 Å². The number of halogens is 2. The topological polar surface area (TPSA) is 31.4 Å². The van der Waals surface area contributed by atoms with E-state index in [1.807, 2.05) is 0 Å². The summed E-state index contributed by atoms with van der Waals surface area (Å²) in [6, 6.07) is 0. The Labute approximate surface area is 98.0 Å². The molecule has 1 aromatic carbocycles. The maximum absolute atomic E-state index is 13.8. The Bertz CT molecular complexity index is 514. The molecule has 3 nitrogen and oxygen atoms in total. The van der Waals surface area contributed by atoms with E-state index in [-0.39, 0.29) is 11.3 Å². The van der Waals surface area contributed by atoms with Gasteiger partial charge in [0.05, 0.1) is 19.7 Å². The SMILES string of the molecule is COc1c(Br)c(OC)c2scnc2c1F. The fourth-order valence-corrected chi connectivity index (χ4v) is 2.97. The number of nitrogens with zero attached hydrogens (tertiary/aromatic N) is 1. The third-order valence-corrected chi connectivity index (χ3v) is 3.53. The lowest BCUT2D eigenvalue weighted by Gasteiger charge is -2.10. The van der Waals surface area contributed by atoms with Crippen molar-refractivity contribution in [3.8, 4) is 11.5 Å². The molecule has 0 amide bonds. The number of hydrogen-bond acceptors (Lipinski definition) is 4. The quantitative estimate of drug-likeness (QED) is 0.851. The van der Waals surface area contributed by atoms with Crippen LogP contribution in [0.15, 0.2) is 9.98 Å². The van der Waals surface area contributed by atoms with Crippen LogP contribution in [0, 0.1) is 5.82 Å². The Balaban J connectivity index is 2.90. The second-order valence-electron chi connectivity index (χ2n) is 2.72. The van der Waals surface area contributed by atoms with Gasteiger partial charge in [0.25, 0.3) is 0 Å². The molecule has 2 rings (SSSR count). The van der Waals surface area contributed by atoms with Crippen LogP contribution in [0.4, 0.5) is 4.39 Å². The summed E-state index contributed by atoms with van der Waals surface area (Å²) in [5, 5.41) is 0. The van der Waals surface area contributed by atoms with Gasteiger partial charge in [0.2, 0.25) is 0 Å². The summed E-state index contributed by atoms with van der Waals surface area (Å²) < 4.78 is 25.1. The van der Waals surface area contributed by atoms with E-state index < -0.39 is 5.82 Å². The minimum atomic E-state index is -0.471. The smallest absolute Gasteiger partial charge is 0.193 e. The lowest BCUT2D eigenvalue weighted by Crippen LogP contribution is -1.94. The molecule has 0 saturated carbocycles. The first-order valence-corrected chi connectivity index (χ1v) is 5.70.